The lowest BCUT2D eigenvalue weighted by Crippen LogP contribution is -2.43. The minimum Gasteiger partial charge on any atom is -0.480 e. The number of carbonyl (C=O) groups is 2. The summed E-state index contributed by atoms with van der Waals surface area (Å²) in [4.78, 5) is 32.5. The van der Waals surface area contributed by atoms with Crippen LogP contribution in [0.3, 0.4) is 0 Å². The second kappa shape index (κ2) is 10.9. The summed E-state index contributed by atoms with van der Waals surface area (Å²) in [7, 11) is 0. The van der Waals surface area contributed by atoms with Crippen LogP contribution in [0.4, 0.5) is 14.5 Å². The average molecular weight is 536 g/mol. The molecule has 4 rings (SSSR count). The fourth-order valence-electron chi connectivity index (χ4n) is 4.12. The smallest absolute Gasteiger partial charge is 0.326 e. The van der Waals surface area contributed by atoms with E-state index in [4.69, 9.17) is 18.2 Å². The molecular formula is C28H20ClF2N3O4. The molecule has 38 heavy (non-hydrogen) atoms. The van der Waals surface area contributed by atoms with Gasteiger partial charge < -0.3 is 15.5 Å². The normalized spacial score (nSPS) is 12.5. The van der Waals surface area contributed by atoms with Crippen LogP contribution in [0.15, 0.2) is 60.8 Å². The van der Waals surface area contributed by atoms with Crippen LogP contribution in [0.25, 0.3) is 26.9 Å². The SMILES string of the molecule is [C-]#[N+]c1ccc(-c2ccc(C[C@H](NC(=O)c3c(F)cc(C(C)O)cc3F)C(=O)O)c3cccnc23)c(Cl)c1. The van der Waals surface area contributed by atoms with Gasteiger partial charge in [-0.3, -0.25) is 9.78 Å². The lowest BCUT2D eigenvalue weighted by Gasteiger charge is -2.18. The van der Waals surface area contributed by atoms with Gasteiger partial charge in [0.1, 0.15) is 23.2 Å². The summed E-state index contributed by atoms with van der Waals surface area (Å²) in [6, 6.07) is 11.8. The Morgan fingerprint density at radius 3 is 2.39 bits per heavy atom. The zero-order chi connectivity index (χ0) is 27.6. The van der Waals surface area contributed by atoms with Crippen molar-refractivity contribution in [2.75, 3.05) is 0 Å². The molecule has 10 heteroatoms. The number of hydrogen-bond donors (Lipinski definition) is 3. The Labute approximate surface area is 221 Å². The third-order valence-corrected chi connectivity index (χ3v) is 6.35. The number of amides is 1. The Balaban J connectivity index is 1.68. The number of hydrogen-bond acceptors (Lipinski definition) is 4. The van der Waals surface area contributed by atoms with Crippen LogP contribution < -0.4 is 5.32 Å². The minimum absolute atomic E-state index is 0.0609. The number of nitrogens with one attached hydrogen (secondary N) is 1. The molecule has 1 aromatic heterocycles. The number of nitrogens with zero attached hydrogens (tertiary/aromatic N) is 2. The van der Waals surface area contributed by atoms with E-state index in [1.807, 2.05) is 0 Å². The summed E-state index contributed by atoms with van der Waals surface area (Å²) in [5.74, 6) is -5.08. The summed E-state index contributed by atoms with van der Waals surface area (Å²) in [6.45, 7) is 8.47. The van der Waals surface area contributed by atoms with Gasteiger partial charge in [0.2, 0.25) is 0 Å². The molecule has 1 amide bonds. The molecule has 0 radical (unpaired) electrons. The number of rotatable bonds is 7. The van der Waals surface area contributed by atoms with E-state index >= 15 is 0 Å². The van der Waals surface area contributed by atoms with Gasteiger partial charge in [0.25, 0.3) is 5.91 Å². The summed E-state index contributed by atoms with van der Waals surface area (Å²) in [5, 5.41) is 22.5. The molecular weight excluding hydrogens is 516 g/mol. The van der Waals surface area contributed by atoms with E-state index < -0.39 is 41.2 Å². The maximum atomic E-state index is 14.5. The molecule has 3 N–H and O–H groups in total. The van der Waals surface area contributed by atoms with Gasteiger partial charge in [-0.15, -0.1) is 0 Å². The Bertz CT molecular complexity index is 1600. The highest BCUT2D eigenvalue weighted by molar-refractivity contribution is 6.34. The van der Waals surface area contributed by atoms with Gasteiger partial charge in [0.15, 0.2) is 5.69 Å². The van der Waals surface area contributed by atoms with Gasteiger partial charge in [-0.1, -0.05) is 41.9 Å². The van der Waals surface area contributed by atoms with Crippen molar-refractivity contribution >= 4 is 40.1 Å². The van der Waals surface area contributed by atoms with Crippen molar-refractivity contribution in [2.24, 2.45) is 0 Å². The summed E-state index contributed by atoms with van der Waals surface area (Å²) >= 11 is 6.41. The number of halogens is 3. The second-order valence-electron chi connectivity index (χ2n) is 8.55. The molecule has 192 valence electrons. The molecule has 7 nitrogen and oxygen atoms in total. The molecule has 1 unspecified atom stereocenters. The van der Waals surface area contributed by atoms with Crippen LogP contribution in [0.1, 0.15) is 34.5 Å². The van der Waals surface area contributed by atoms with Gasteiger partial charge in [-0.05, 0) is 47.9 Å². The zero-order valence-corrected chi connectivity index (χ0v) is 20.6. The third kappa shape index (κ3) is 5.32. The number of benzene rings is 3. The molecule has 0 saturated carbocycles. The average Bonchev–Trinajstić information content (AvgIpc) is 2.88. The first-order chi connectivity index (χ1) is 18.1. The fraction of sp³-hybridized carbons (Fsp3) is 0.143. The first-order valence-corrected chi connectivity index (χ1v) is 11.7. The third-order valence-electron chi connectivity index (χ3n) is 6.03. The molecule has 0 bridgehead atoms. The second-order valence-corrected chi connectivity index (χ2v) is 8.96. The fourth-order valence-corrected chi connectivity index (χ4v) is 4.40. The zero-order valence-electron chi connectivity index (χ0n) is 19.9. The molecule has 0 spiro atoms. The van der Waals surface area contributed by atoms with Crippen molar-refractivity contribution in [3.05, 3.63) is 106 Å². The number of carbonyl (C=O) groups excluding carboxylic acids is 1. The van der Waals surface area contributed by atoms with Crippen LogP contribution in [0, 0.1) is 18.2 Å². The van der Waals surface area contributed by atoms with E-state index in [2.05, 4.69) is 15.1 Å². The van der Waals surface area contributed by atoms with Crippen molar-refractivity contribution in [1.82, 2.24) is 10.3 Å². The van der Waals surface area contributed by atoms with Crippen LogP contribution in [-0.4, -0.2) is 33.1 Å². The van der Waals surface area contributed by atoms with E-state index in [0.717, 1.165) is 12.1 Å². The standard InChI is InChI=1S/C28H20ClF2N3O4/c1-14(35)16-10-22(30)25(23(31)11-16)27(36)34-24(28(37)38)12-15-5-7-20(26-18(15)4-3-9-33-26)19-8-6-17(32-2)13-21(19)29/h3-11,13-14,24,35H,12H2,1H3,(H,34,36)(H,37,38)/t14?,24-/m0/s1. The molecule has 3 aromatic carbocycles. The van der Waals surface area contributed by atoms with Crippen LogP contribution >= 0.6 is 11.6 Å². The predicted molar refractivity (Wildman–Crippen MR) is 138 cm³/mol. The van der Waals surface area contributed by atoms with Crippen molar-refractivity contribution in [1.29, 1.82) is 0 Å². The van der Waals surface area contributed by atoms with Gasteiger partial charge in [-0.2, -0.15) is 0 Å². The predicted octanol–water partition coefficient (Wildman–Crippen LogP) is 5.86. The molecule has 0 aliphatic carbocycles. The van der Waals surface area contributed by atoms with Crippen molar-refractivity contribution in [3.63, 3.8) is 0 Å². The maximum Gasteiger partial charge on any atom is 0.326 e. The number of pyridine rings is 1. The molecule has 0 saturated heterocycles. The molecule has 0 aliphatic heterocycles. The largest absolute Gasteiger partial charge is 0.480 e. The van der Waals surface area contributed by atoms with Crippen molar-refractivity contribution in [3.8, 4) is 11.1 Å². The van der Waals surface area contributed by atoms with Crippen molar-refractivity contribution in [2.45, 2.75) is 25.5 Å². The number of aromatic nitrogens is 1. The number of aliphatic carboxylic acids is 1. The van der Waals surface area contributed by atoms with Crippen LogP contribution in [0.2, 0.25) is 5.02 Å². The highest BCUT2D eigenvalue weighted by Gasteiger charge is 2.27. The Kier molecular flexibility index (Phi) is 7.67. The molecule has 2 atom stereocenters. The molecule has 1 heterocycles. The van der Waals surface area contributed by atoms with Gasteiger partial charge in [-0.25, -0.2) is 18.4 Å². The summed E-state index contributed by atoms with van der Waals surface area (Å²) < 4.78 is 29.0. The van der Waals surface area contributed by atoms with E-state index in [0.29, 0.717) is 38.3 Å². The minimum atomic E-state index is -1.52. The lowest BCUT2D eigenvalue weighted by molar-refractivity contribution is -0.139. The highest BCUT2D eigenvalue weighted by Crippen LogP contribution is 2.36. The van der Waals surface area contributed by atoms with Crippen molar-refractivity contribution < 1.29 is 28.6 Å². The van der Waals surface area contributed by atoms with Gasteiger partial charge in [0, 0.05) is 28.6 Å². The first-order valence-electron chi connectivity index (χ1n) is 11.3. The quantitative estimate of drug-likeness (QED) is 0.257. The van der Waals surface area contributed by atoms with E-state index in [9.17, 15) is 28.6 Å². The van der Waals surface area contributed by atoms with Gasteiger partial charge in [0.05, 0.1) is 18.2 Å². The highest BCUT2D eigenvalue weighted by atomic mass is 35.5. The first kappa shape index (κ1) is 26.7. The van der Waals surface area contributed by atoms with E-state index in [-0.39, 0.29) is 12.0 Å². The number of aliphatic hydroxyl groups excluding tert-OH is 1. The van der Waals surface area contributed by atoms with E-state index in [1.165, 1.54) is 13.0 Å². The van der Waals surface area contributed by atoms with E-state index in [1.54, 1.807) is 42.6 Å². The van der Waals surface area contributed by atoms with Crippen LogP contribution in [-0.2, 0) is 11.2 Å². The summed E-state index contributed by atoms with van der Waals surface area (Å²) in [6.07, 6.45) is 0.201. The molecule has 0 fully saturated rings. The lowest BCUT2D eigenvalue weighted by atomic mass is 9.95. The van der Waals surface area contributed by atoms with Crippen LogP contribution in [0.5, 0.6) is 0 Å². The Hall–Kier alpha value is -4.39. The number of aliphatic hydroxyl groups is 1. The Morgan fingerprint density at radius 2 is 1.79 bits per heavy atom. The maximum absolute atomic E-state index is 14.5. The number of carboxylic acids is 1. The Morgan fingerprint density at radius 1 is 1.11 bits per heavy atom. The topological polar surface area (TPSA) is 104 Å². The molecule has 4 aromatic rings. The number of fused-ring (bicyclic) bond motifs is 1. The monoisotopic (exact) mass is 535 g/mol. The summed E-state index contributed by atoms with van der Waals surface area (Å²) in [5.41, 5.74) is 1.69. The van der Waals surface area contributed by atoms with Gasteiger partial charge >= 0.3 is 5.97 Å². The molecule has 0 aliphatic rings. The number of carboxylic acid groups (broad SMARTS) is 1.